The van der Waals surface area contributed by atoms with Gasteiger partial charge in [-0.2, -0.15) is 5.26 Å². The molecular weight excluding hydrogens is 332 g/mol. The van der Waals surface area contributed by atoms with Gasteiger partial charge in [-0.05, 0) is 23.8 Å². The lowest BCUT2D eigenvalue weighted by atomic mass is 10.2. The number of nitrogens with zero attached hydrogens (tertiary/aromatic N) is 1. The molecule has 2 rings (SSSR count). The largest absolute Gasteiger partial charge is 0.493 e. The van der Waals surface area contributed by atoms with Crippen LogP contribution in [0, 0.1) is 11.3 Å². The number of benzene rings is 1. The number of amides is 1. The number of hydrogen-bond acceptors (Lipinski definition) is 6. The van der Waals surface area contributed by atoms with Crippen molar-refractivity contribution < 1.29 is 14.3 Å². The van der Waals surface area contributed by atoms with Crippen molar-refractivity contribution in [3.05, 3.63) is 27.6 Å². The van der Waals surface area contributed by atoms with E-state index in [2.05, 4.69) is 5.32 Å². The molecule has 1 aliphatic heterocycles. The van der Waals surface area contributed by atoms with E-state index in [4.69, 9.17) is 38.6 Å². The van der Waals surface area contributed by atoms with Crippen LogP contribution in [0.4, 0.5) is 0 Å². The van der Waals surface area contributed by atoms with Crippen LogP contribution in [-0.2, 0) is 4.79 Å². The molecule has 0 atom stereocenters. The minimum Gasteiger partial charge on any atom is -0.493 e. The van der Waals surface area contributed by atoms with E-state index >= 15 is 0 Å². The number of halogens is 1. The van der Waals surface area contributed by atoms with Crippen molar-refractivity contribution in [3.8, 4) is 17.6 Å². The van der Waals surface area contributed by atoms with Crippen molar-refractivity contribution in [3.63, 3.8) is 0 Å². The van der Waals surface area contributed by atoms with Gasteiger partial charge in [-0.15, -0.1) is 0 Å². The minimum absolute atomic E-state index is 0.136. The quantitative estimate of drug-likeness (QED) is 0.671. The van der Waals surface area contributed by atoms with Gasteiger partial charge in [0, 0.05) is 0 Å². The van der Waals surface area contributed by atoms with Gasteiger partial charge in [-0.1, -0.05) is 35.6 Å². The van der Waals surface area contributed by atoms with Gasteiger partial charge in [0.05, 0.1) is 17.0 Å². The number of rotatable bonds is 4. The first kappa shape index (κ1) is 15.6. The zero-order valence-electron chi connectivity index (χ0n) is 10.8. The van der Waals surface area contributed by atoms with Crippen LogP contribution in [0.1, 0.15) is 5.56 Å². The van der Waals surface area contributed by atoms with Crippen molar-refractivity contribution in [2.45, 2.75) is 0 Å². The Morgan fingerprint density at radius 1 is 1.57 bits per heavy atom. The molecule has 108 valence electrons. The van der Waals surface area contributed by atoms with Gasteiger partial charge in [0.1, 0.15) is 10.4 Å². The molecule has 1 aromatic rings. The summed E-state index contributed by atoms with van der Waals surface area (Å²) in [5.41, 5.74) is 0.670. The van der Waals surface area contributed by atoms with Crippen LogP contribution in [-0.4, -0.2) is 23.9 Å². The summed E-state index contributed by atoms with van der Waals surface area (Å²) in [5, 5.41) is 11.4. The third kappa shape index (κ3) is 3.67. The van der Waals surface area contributed by atoms with E-state index in [-0.39, 0.29) is 12.5 Å². The van der Waals surface area contributed by atoms with Crippen LogP contribution in [0.5, 0.6) is 11.5 Å². The molecule has 0 spiro atoms. The third-order valence-electron chi connectivity index (χ3n) is 2.47. The van der Waals surface area contributed by atoms with Crippen molar-refractivity contribution in [1.29, 1.82) is 5.26 Å². The molecule has 0 saturated carbocycles. The van der Waals surface area contributed by atoms with Crippen molar-refractivity contribution in [1.82, 2.24) is 5.32 Å². The molecule has 1 aliphatic rings. The summed E-state index contributed by atoms with van der Waals surface area (Å²) in [5.74, 6) is 0.433. The number of thiocarbonyl (C=S) groups is 1. The zero-order valence-corrected chi connectivity index (χ0v) is 13.2. The van der Waals surface area contributed by atoms with E-state index in [0.717, 1.165) is 0 Å². The Bertz CT molecular complexity index is 683. The Balaban J connectivity index is 2.37. The fraction of sp³-hybridized carbons (Fsp3) is 0.154. The molecule has 0 bridgehead atoms. The van der Waals surface area contributed by atoms with Crippen LogP contribution < -0.4 is 14.8 Å². The van der Waals surface area contributed by atoms with E-state index in [0.29, 0.717) is 31.3 Å². The van der Waals surface area contributed by atoms with E-state index in [1.54, 1.807) is 18.2 Å². The van der Waals surface area contributed by atoms with Crippen LogP contribution in [0.3, 0.4) is 0 Å². The lowest BCUT2D eigenvalue weighted by Crippen LogP contribution is -2.17. The number of nitriles is 1. The highest BCUT2D eigenvalue weighted by molar-refractivity contribution is 8.26. The molecule has 1 fully saturated rings. The fourth-order valence-electron chi connectivity index (χ4n) is 1.64. The van der Waals surface area contributed by atoms with Gasteiger partial charge >= 0.3 is 0 Å². The topological polar surface area (TPSA) is 71.3 Å². The van der Waals surface area contributed by atoms with Gasteiger partial charge < -0.3 is 14.8 Å². The zero-order chi connectivity index (χ0) is 15.4. The average molecular weight is 341 g/mol. The summed E-state index contributed by atoms with van der Waals surface area (Å²) in [6.07, 6.45) is 1.65. The van der Waals surface area contributed by atoms with E-state index in [9.17, 15) is 4.79 Å². The Morgan fingerprint density at radius 2 is 2.33 bits per heavy atom. The third-order valence-corrected chi connectivity index (χ3v) is 3.92. The highest BCUT2D eigenvalue weighted by atomic mass is 35.5. The smallest absolute Gasteiger partial charge is 0.263 e. The summed E-state index contributed by atoms with van der Waals surface area (Å²) >= 11 is 12.2. The SMILES string of the molecule is COc1cc(/C=C2/SC(=S)NC2=O)cc(Cl)c1OCC#N. The molecule has 0 radical (unpaired) electrons. The van der Waals surface area contributed by atoms with Gasteiger partial charge in [0.2, 0.25) is 0 Å². The standard InChI is InChI=1S/C13H9ClN2O3S2/c1-18-9-5-7(4-8(14)11(9)19-3-2-15)6-10-12(17)16-13(20)21-10/h4-6H,3H2,1H3,(H,16,17,20)/b10-6+. The predicted molar refractivity (Wildman–Crippen MR) is 85.4 cm³/mol. The first-order valence-corrected chi connectivity index (χ1v) is 7.27. The van der Waals surface area contributed by atoms with Gasteiger partial charge in [-0.25, -0.2) is 0 Å². The average Bonchev–Trinajstić information content (AvgIpc) is 2.75. The summed E-state index contributed by atoms with van der Waals surface area (Å²) in [4.78, 5) is 12.1. The molecule has 8 heteroatoms. The first-order chi connectivity index (χ1) is 10.0. The molecule has 5 nitrogen and oxygen atoms in total. The molecule has 0 aliphatic carbocycles. The molecule has 1 N–H and O–H groups in total. The second kappa shape index (κ2) is 6.80. The lowest BCUT2D eigenvalue weighted by molar-refractivity contribution is -0.115. The summed E-state index contributed by atoms with van der Waals surface area (Å²) in [6, 6.07) is 5.15. The summed E-state index contributed by atoms with van der Waals surface area (Å²) in [7, 11) is 1.47. The number of methoxy groups -OCH3 is 1. The van der Waals surface area contributed by atoms with E-state index in [1.807, 2.05) is 6.07 Å². The number of nitrogens with one attached hydrogen (secondary N) is 1. The maximum Gasteiger partial charge on any atom is 0.263 e. The van der Waals surface area contributed by atoms with Gasteiger partial charge in [0.15, 0.2) is 18.1 Å². The number of carbonyl (C=O) groups is 1. The Hall–Kier alpha value is -1.75. The molecule has 0 aromatic heterocycles. The van der Waals surface area contributed by atoms with E-state index in [1.165, 1.54) is 18.9 Å². The predicted octanol–water partition coefficient (Wildman–Crippen LogP) is 2.74. The fourth-order valence-corrected chi connectivity index (χ4v) is 2.96. The number of thioether (sulfide) groups is 1. The molecular formula is C13H9ClN2O3S2. The van der Waals surface area contributed by atoms with Crippen molar-refractivity contribution >= 4 is 51.9 Å². The number of ether oxygens (including phenoxy) is 2. The maximum absolute atomic E-state index is 11.6. The van der Waals surface area contributed by atoms with Crippen LogP contribution in [0.15, 0.2) is 17.0 Å². The normalized spacial score (nSPS) is 15.8. The Morgan fingerprint density at radius 3 is 2.90 bits per heavy atom. The Labute approximate surface area is 135 Å². The first-order valence-electron chi connectivity index (χ1n) is 5.67. The van der Waals surface area contributed by atoms with Crippen LogP contribution in [0.25, 0.3) is 6.08 Å². The maximum atomic E-state index is 11.6. The summed E-state index contributed by atoms with van der Waals surface area (Å²) < 4.78 is 10.8. The highest BCUT2D eigenvalue weighted by Gasteiger charge is 2.22. The van der Waals surface area contributed by atoms with Crippen LogP contribution >= 0.6 is 35.6 Å². The van der Waals surface area contributed by atoms with Gasteiger partial charge in [0.25, 0.3) is 5.91 Å². The number of hydrogen-bond donors (Lipinski definition) is 1. The molecule has 0 unspecified atom stereocenters. The second-order valence-corrected chi connectivity index (χ2v) is 5.96. The van der Waals surface area contributed by atoms with Gasteiger partial charge in [-0.3, -0.25) is 4.79 Å². The summed E-state index contributed by atoms with van der Waals surface area (Å²) in [6.45, 7) is -0.136. The monoisotopic (exact) mass is 340 g/mol. The molecule has 21 heavy (non-hydrogen) atoms. The van der Waals surface area contributed by atoms with Crippen molar-refractivity contribution in [2.24, 2.45) is 0 Å². The van der Waals surface area contributed by atoms with E-state index < -0.39 is 0 Å². The van der Waals surface area contributed by atoms with Crippen LogP contribution in [0.2, 0.25) is 5.02 Å². The minimum atomic E-state index is -0.245. The molecule has 1 amide bonds. The molecule has 1 saturated heterocycles. The molecule has 1 heterocycles. The van der Waals surface area contributed by atoms with Crippen molar-refractivity contribution in [2.75, 3.05) is 13.7 Å². The lowest BCUT2D eigenvalue weighted by Gasteiger charge is -2.11. The highest BCUT2D eigenvalue weighted by Crippen LogP contribution is 2.37. The second-order valence-electron chi connectivity index (χ2n) is 3.83. The number of carbonyl (C=O) groups excluding carboxylic acids is 1. The molecule has 1 aromatic carbocycles. The Kier molecular flexibility index (Phi) is 5.07.